The van der Waals surface area contributed by atoms with E-state index in [1.54, 1.807) is 0 Å². The van der Waals surface area contributed by atoms with Crippen LogP contribution in [0.4, 0.5) is 0 Å². The van der Waals surface area contributed by atoms with Crippen LogP contribution in [0.3, 0.4) is 0 Å². The summed E-state index contributed by atoms with van der Waals surface area (Å²) in [6, 6.07) is -2.32. The van der Waals surface area contributed by atoms with E-state index in [4.69, 9.17) is 9.47 Å². The molecule has 10 heteroatoms. The van der Waals surface area contributed by atoms with E-state index >= 15 is 0 Å². The number of ether oxygens (including phenoxy) is 2. The van der Waals surface area contributed by atoms with Gasteiger partial charge in [0.2, 0.25) is 5.91 Å². The van der Waals surface area contributed by atoms with Gasteiger partial charge < -0.3 is 45.6 Å². The number of nitrogens with one attached hydrogen (secondary N) is 2. The molecule has 0 saturated carbocycles. The first kappa shape index (κ1) is 18.7. The Morgan fingerprint density at radius 1 is 1.20 bits per heavy atom. The van der Waals surface area contributed by atoms with Crippen molar-refractivity contribution in [2.45, 2.75) is 61.9 Å². The van der Waals surface area contributed by atoms with Crippen LogP contribution in [0.25, 0.3) is 0 Å². The molecule has 3 rings (SSSR count). The van der Waals surface area contributed by atoms with Crippen LogP contribution in [0, 0.1) is 0 Å². The smallest absolute Gasteiger partial charge is 0.217 e. The Morgan fingerprint density at radius 2 is 1.92 bits per heavy atom. The molecule has 2 heterocycles. The highest BCUT2D eigenvalue weighted by molar-refractivity contribution is 5.73. The third kappa shape index (κ3) is 3.44. The fourth-order valence-corrected chi connectivity index (χ4v) is 3.58. The van der Waals surface area contributed by atoms with Crippen LogP contribution in [0.5, 0.6) is 0 Å². The van der Waals surface area contributed by atoms with E-state index in [1.165, 1.54) is 13.0 Å². The van der Waals surface area contributed by atoms with Crippen LogP contribution in [0.1, 0.15) is 6.92 Å². The molecule has 10 nitrogen and oxygen atoms in total. The van der Waals surface area contributed by atoms with Gasteiger partial charge in [0.1, 0.15) is 30.5 Å². The van der Waals surface area contributed by atoms with Crippen molar-refractivity contribution >= 4 is 5.91 Å². The SMILES string of the molecule is CC(=O)N[C@H]1[C@@H]2OC[C@@H](O2)[C@H](N[C@H]2C=C(CO)[C@@H](O)[C@H](O)[C@H]2O)[C@@H]1O. The van der Waals surface area contributed by atoms with E-state index < -0.39 is 61.5 Å². The average Bonchev–Trinajstić information content (AvgIpc) is 3.01. The van der Waals surface area contributed by atoms with Crippen LogP contribution in [0.2, 0.25) is 0 Å². The first-order valence-corrected chi connectivity index (χ1v) is 8.17. The van der Waals surface area contributed by atoms with Gasteiger partial charge in [-0.1, -0.05) is 6.08 Å². The van der Waals surface area contributed by atoms with Gasteiger partial charge in [0.05, 0.1) is 31.4 Å². The van der Waals surface area contributed by atoms with Crippen molar-refractivity contribution in [3.8, 4) is 0 Å². The van der Waals surface area contributed by atoms with Gasteiger partial charge >= 0.3 is 0 Å². The maximum atomic E-state index is 11.4. The van der Waals surface area contributed by atoms with Crippen molar-refractivity contribution < 1.29 is 39.8 Å². The van der Waals surface area contributed by atoms with E-state index in [0.29, 0.717) is 0 Å². The van der Waals surface area contributed by atoms with Crippen molar-refractivity contribution in [2.75, 3.05) is 13.2 Å². The minimum atomic E-state index is -1.48. The van der Waals surface area contributed by atoms with E-state index in [9.17, 15) is 30.3 Å². The zero-order chi connectivity index (χ0) is 18.3. The molecule has 1 amide bonds. The molecule has 25 heavy (non-hydrogen) atoms. The maximum absolute atomic E-state index is 11.4. The number of hydrogen-bond donors (Lipinski definition) is 7. The summed E-state index contributed by atoms with van der Waals surface area (Å²) < 4.78 is 11.1. The summed E-state index contributed by atoms with van der Waals surface area (Å²) in [6.07, 6.45) is -5.10. The van der Waals surface area contributed by atoms with Crippen LogP contribution in [0.15, 0.2) is 11.6 Å². The Hall–Kier alpha value is -1.11. The second-order valence-electron chi connectivity index (χ2n) is 6.64. The molecule has 2 bridgehead atoms. The second-order valence-corrected chi connectivity index (χ2v) is 6.64. The molecule has 142 valence electrons. The molecule has 0 aromatic heterocycles. The summed E-state index contributed by atoms with van der Waals surface area (Å²) in [5.74, 6) is -0.348. The van der Waals surface area contributed by atoms with Crippen molar-refractivity contribution in [3.63, 3.8) is 0 Å². The number of hydrogen-bond acceptors (Lipinski definition) is 9. The fourth-order valence-electron chi connectivity index (χ4n) is 3.58. The maximum Gasteiger partial charge on any atom is 0.217 e. The first-order valence-electron chi connectivity index (χ1n) is 8.17. The third-order valence-electron chi connectivity index (χ3n) is 4.92. The van der Waals surface area contributed by atoms with Crippen molar-refractivity contribution in [1.82, 2.24) is 10.6 Å². The number of carbonyl (C=O) groups is 1. The molecule has 0 aromatic rings. The van der Waals surface area contributed by atoms with Crippen LogP contribution >= 0.6 is 0 Å². The number of aliphatic hydroxyl groups excluding tert-OH is 5. The third-order valence-corrected chi connectivity index (χ3v) is 4.92. The normalized spacial score (nSPS) is 46.6. The lowest BCUT2D eigenvalue weighted by Crippen LogP contribution is -2.67. The minimum absolute atomic E-state index is 0.167. The minimum Gasteiger partial charge on any atom is -0.392 e. The molecule has 0 radical (unpaired) electrons. The Balaban J connectivity index is 1.78. The Bertz CT molecular complexity index is 544. The summed E-state index contributed by atoms with van der Waals surface area (Å²) in [5.41, 5.74) is 0.167. The van der Waals surface area contributed by atoms with E-state index in [2.05, 4.69) is 10.6 Å². The molecule has 3 aliphatic rings. The predicted octanol–water partition coefficient (Wildman–Crippen LogP) is -4.05. The monoisotopic (exact) mass is 360 g/mol. The Labute approximate surface area is 144 Å². The zero-order valence-electron chi connectivity index (χ0n) is 13.6. The van der Waals surface area contributed by atoms with Crippen molar-refractivity contribution in [2.24, 2.45) is 0 Å². The highest BCUT2D eigenvalue weighted by Crippen LogP contribution is 2.30. The van der Waals surface area contributed by atoms with Crippen molar-refractivity contribution in [1.29, 1.82) is 0 Å². The lowest BCUT2D eigenvalue weighted by Gasteiger charge is -2.42. The Kier molecular flexibility index (Phi) is 5.42. The average molecular weight is 360 g/mol. The number of rotatable bonds is 4. The molecule has 0 unspecified atom stereocenters. The Morgan fingerprint density at radius 3 is 2.56 bits per heavy atom. The summed E-state index contributed by atoms with van der Waals surface area (Å²) in [6.45, 7) is 1.03. The van der Waals surface area contributed by atoms with Gasteiger partial charge in [-0.05, 0) is 5.57 Å². The lowest BCUT2D eigenvalue weighted by atomic mass is 9.86. The first-order chi connectivity index (χ1) is 11.8. The molecule has 9 atom stereocenters. The predicted molar refractivity (Wildman–Crippen MR) is 82.1 cm³/mol. The quantitative estimate of drug-likeness (QED) is 0.247. The van der Waals surface area contributed by atoms with Gasteiger partial charge in [0.15, 0.2) is 6.29 Å². The summed E-state index contributed by atoms with van der Waals surface area (Å²) in [7, 11) is 0. The van der Waals surface area contributed by atoms with Crippen LogP contribution in [-0.4, -0.2) is 99.6 Å². The van der Waals surface area contributed by atoms with Crippen LogP contribution in [-0.2, 0) is 14.3 Å². The molecular weight excluding hydrogens is 336 g/mol. The summed E-state index contributed by atoms with van der Waals surface area (Å²) >= 11 is 0. The zero-order valence-corrected chi connectivity index (χ0v) is 13.6. The van der Waals surface area contributed by atoms with Crippen LogP contribution < -0.4 is 10.6 Å². The number of carbonyl (C=O) groups excluding carboxylic acids is 1. The van der Waals surface area contributed by atoms with E-state index in [-0.39, 0.29) is 18.1 Å². The molecule has 2 fully saturated rings. The number of amides is 1. The van der Waals surface area contributed by atoms with Gasteiger partial charge in [-0.2, -0.15) is 0 Å². The molecule has 1 aliphatic carbocycles. The van der Waals surface area contributed by atoms with E-state index in [0.717, 1.165) is 0 Å². The number of aliphatic hydroxyl groups is 5. The van der Waals surface area contributed by atoms with Gasteiger partial charge in [0.25, 0.3) is 0 Å². The summed E-state index contributed by atoms with van der Waals surface area (Å²) in [4.78, 5) is 11.4. The topological polar surface area (TPSA) is 161 Å². The highest BCUT2D eigenvalue weighted by Gasteiger charge is 2.51. The molecular formula is C15H24N2O8. The highest BCUT2D eigenvalue weighted by atomic mass is 16.7. The van der Waals surface area contributed by atoms with Gasteiger partial charge in [-0.15, -0.1) is 0 Å². The molecule has 2 aliphatic heterocycles. The van der Waals surface area contributed by atoms with Crippen molar-refractivity contribution in [3.05, 3.63) is 11.6 Å². The van der Waals surface area contributed by atoms with Gasteiger partial charge in [-0.25, -0.2) is 0 Å². The molecule has 0 aromatic carbocycles. The van der Waals surface area contributed by atoms with E-state index in [1.807, 2.05) is 0 Å². The largest absolute Gasteiger partial charge is 0.392 e. The lowest BCUT2D eigenvalue weighted by molar-refractivity contribution is -0.161. The number of fused-ring (bicyclic) bond motifs is 2. The standard InChI is InChI=1S/C15H24N2O8/c1-5(19)16-10-13(22)9(8-4-24-15(10)25-8)17-7-2-6(3-18)11(20)14(23)12(7)21/h2,7-15,17-18,20-23H,3-4H2,1H3,(H,16,19)/t7-,8+,9-,10+,11+,12-,13-,14-,15+/m0/s1. The molecule has 0 spiro atoms. The van der Waals surface area contributed by atoms with Gasteiger partial charge in [-0.3, -0.25) is 4.79 Å². The molecule has 7 N–H and O–H groups in total. The second kappa shape index (κ2) is 7.25. The van der Waals surface area contributed by atoms with Gasteiger partial charge in [0, 0.05) is 6.92 Å². The summed E-state index contributed by atoms with van der Waals surface area (Å²) in [5, 5.41) is 55.5. The fraction of sp³-hybridized carbons (Fsp3) is 0.800. The molecule has 2 saturated heterocycles.